The van der Waals surface area contributed by atoms with Crippen LogP contribution in [-0.4, -0.2) is 34.3 Å². The third-order valence-corrected chi connectivity index (χ3v) is 3.17. The fraction of sp³-hybridized carbons (Fsp3) is 0.500. The van der Waals surface area contributed by atoms with Crippen LogP contribution >= 0.6 is 11.8 Å². The third-order valence-electron chi connectivity index (χ3n) is 2.16. The van der Waals surface area contributed by atoms with Gasteiger partial charge in [0.25, 0.3) is 0 Å². The van der Waals surface area contributed by atoms with Crippen molar-refractivity contribution < 1.29 is 14.3 Å². The van der Waals surface area contributed by atoms with Crippen LogP contribution < -0.4 is 5.32 Å². The van der Waals surface area contributed by atoms with Gasteiger partial charge in [0.05, 0.1) is 5.75 Å². The van der Waals surface area contributed by atoms with E-state index in [1.807, 2.05) is 12.1 Å². The first-order valence-corrected chi connectivity index (χ1v) is 7.31. The van der Waals surface area contributed by atoms with Crippen molar-refractivity contribution in [3.63, 3.8) is 0 Å². The number of amides is 1. The number of hydrogen-bond donors (Lipinski definition) is 1. The Balaban J connectivity index is 2.36. The van der Waals surface area contributed by atoms with Crippen molar-refractivity contribution in [3.8, 4) is 0 Å². The van der Waals surface area contributed by atoms with Gasteiger partial charge in [-0.25, -0.2) is 4.79 Å². The predicted octanol–water partition coefficient (Wildman–Crippen LogP) is 2.02. The van der Waals surface area contributed by atoms with E-state index in [1.54, 1.807) is 40.1 Å². The maximum absolute atomic E-state index is 11.7. The molecular weight excluding hydrogens is 276 g/mol. The minimum Gasteiger partial charge on any atom is -0.458 e. The minimum atomic E-state index is -0.653. The molecule has 0 radical (unpaired) electrons. The van der Waals surface area contributed by atoms with Gasteiger partial charge in [-0.2, -0.15) is 0 Å². The normalized spacial score (nSPS) is 12.6. The van der Waals surface area contributed by atoms with Crippen LogP contribution in [0.1, 0.15) is 27.7 Å². The standard InChI is InChI=1S/C14H20N2O3S/c1-10(13(18)19-14(2,3)4)16-12(17)9-20-11-5-7-15-8-6-11/h5-8,10H,9H2,1-4H3,(H,16,17)/t10-/m0/s1. The van der Waals surface area contributed by atoms with Crippen LogP contribution in [0.3, 0.4) is 0 Å². The van der Waals surface area contributed by atoms with E-state index >= 15 is 0 Å². The van der Waals surface area contributed by atoms with Crippen molar-refractivity contribution in [2.45, 2.75) is 44.2 Å². The van der Waals surface area contributed by atoms with Crippen molar-refractivity contribution in [3.05, 3.63) is 24.5 Å². The molecule has 110 valence electrons. The van der Waals surface area contributed by atoms with Gasteiger partial charge in [0.2, 0.25) is 5.91 Å². The minimum absolute atomic E-state index is 0.204. The SMILES string of the molecule is C[C@H](NC(=O)CSc1ccncc1)C(=O)OC(C)(C)C. The van der Waals surface area contributed by atoms with Crippen LogP contribution in [0.4, 0.5) is 0 Å². The summed E-state index contributed by atoms with van der Waals surface area (Å²) in [7, 11) is 0. The first-order chi connectivity index (χ1) is 9.28. The lowest BCUT2D eigenvalue weighted by Gasteiger charge is -2.22. The molecule has 0 aliphatic rings. The van der Waals surface area contributed by atoms with Crippen molar-refractivity contribution >= 4 is 23.6 Å². The van der Waals surface area contributed by atoms with E-state index in [9.17, 15) is 9.59 Å². The molecule has 0 unspecified atom stereocenters. The number of hydrogen-bond acceptors (Lipinski definition) is 5. The molecule has 1 aromatic heterocycles. The number of pyridine rings is 1. The van der Waals surface area contributed by atoms with Gasteiger partial charge in [0.15, 0.2) is 0 Å². The third kappa shape index (κ3) is 6.56. The first kappa shape index (κ1) is 16.5. The maximum Gasteiger partial charge on any atom is 0.328 e. The Morgan fingerprint density at radius 3 is 2.50 bits per heavy atom. The molecule has 5 nitrogen and oxygen atoms in total. The summed E-state index contributed by atoms with van der Waals surface area (Å²) in [5.41, 5.74) is -0.554. The van der Waals surface area contributed by atoms with E-state index in [0.29, 0.717) is 0 Å². The second-order valence-electron chi connectivity index (χ2n) is 5.29. The van der Waals surface area contributed by atoms with E-state index < -0.39 is 17.6 Å². The van der Waals surface area contributed by atoms with E-state index in [4.69, 9.17) is 4.74 Å². The molecule has 1 rings (SSSR count). The summed E-state index contributed by atoms with van der Waals surface area (Å²) >= 11 is 1.39. The second kappa shape index (κ2) is 7.28. The van der Waals surface area contributed by atoms with Crippen molar-refractivity contribution in [1.82, 2.24) is 10.3 Å². The average molecular weight is 296 g/mol. The van der Waals surface area contributed by atoms with Gasteiger partial charge in [0.1, 0.15) is 11.6 Å². The largest absolute Gasteiger partial charge is 0.458 e. The highest BCUT2D eigenvalue weighted by Crippen LogP contribution is 2.15. The zero-order valence-electron chi connectivity index (χ0n) is 12.2. The van der Waals surface area contributed by atoms with Gasteiger partial charge in [0, 0.05) is 17.3 Å². The highest BCUT2D eigenvalue weighted by molar-refractivity contribution is 8.00. The lowest BCUT2D eigenvalue weighted by molar-refractivity contribution is -0.157. The molecule has 0 aliphatic heterocycles. The topological polar surface area (TPSA) is 68.3 Å². The maximum atomic E-state index is 11.7. The molecule has 0 aliphatic carbocycles. The number of rotatable bonds is 5. The second-order valence-corrected chi connectivity index (χ2v) is 6.34. The number of esters is 1. The molecule has 1 atom stereocenters. The fourth-order valence-electron chi connectivity index (χ4n) is 1.32. The lowest BCUT2D eigenvalue weighted by Crippen LogP contribution is -2.42. The van der Waals surface area contributed by atoms with E-state index in [0.717, 1.165) is 4.90 Å². The van der Waals surface area contributed by atoms with Crippen LogP contribution in [0.2, 0.25) is 0 Å². The van der Waals surface area contributed by atoms with Gasteiger partial charge in [-0.05, 0) is 39.8 Å². The van der Waals surface area contributed by atoms with Crippen molar-refractivity contribution in [1.29, 1.82) is 0 Å². The predicted molar refractivity (Wildman–Crippen MR) is 78.4 cm³/mol. The molecule has 0 saturated heterocycles. The average Bonchev–Trinajstić information content (AvgIpc) is 2.35. The Morgan fingerprint density at radius 2 is 1.95 bits per heavy atom. The molecule has 1 N–H and O–H groups in total. The highest BCUT2D eigenvalue weighted by atomic mass is 32.2. The number of ether oxygens (including phenoxy) is 1. The number of aromatic nitrogens is 1. The highest BCUT2D eigenvalue weighted by Gasteiger charge is 2.22. The Hall–Kier alpha value is -1.56. The Morgan fingerprint density at radius 1 is 1.35 bits per heavy atom. The molecule has 6 heteroatoms. The molecule has 0 aromatic carbocycles. The summed E-state index contributed by atoms with van der Waals surface area (Å²) in [5.74, 6) is -0.387. The molecule has 1 aromatic rings. The van der Waals surface area contributed by atoms with Crippen LogP contribution in [0.5, 0.6) is 0 Å². The van der Waals surface area contributed by atoms with Crippen LogP contribution in [0.15, 0.2) is 29.4 Å². The number of nitrogens with zero attached hydrogens (tertiary/aromatic N) is 1. The summed E-state index contributed by atoms with van der Waals surface area (Å²) in [6.07, 6.45) is 3.34. The smallest absolute Gasteiger partial charge is 0.328 e. The molecule has 0 saturated carbocycles. The summed E-state index contributed by atoms with van der Waals surface area (Å²) in [4.78, 5) is 28.3. The molecule has 0 fully saturated rings. The Bertz CT molecular complexity index is 457. The summed E-state index contributed by atoms with van der Waals surface area (Å²) in [6.45, 7) is 6.99. The number of carbonyl (C=O) groups excluding carboxylic acids is 2. The van der Waals surface area contributed by atoms with E-state index in [1.165, 1.54) is 11.8 Å². The number of thioether (sulfide) groups is 1. The molecule has 20 heavy (non-hydrogen) atoms. The summed E-state index contributed by atoms with van der Waals surface area (Å²) in [5, 5.41) is 2.62. The zero-order valence-corrected chi connectivity index (χ0v) is 13.0. The number of carbonyl (C=O) groups is 2. The molecule has 0 spiro atoms. The van der Waals surface area contributed by atoms with Crippen LogP contribution in [0.25, 0.3) is 0 Å². The van der Waals surface area contributed by atoms with Gasteiger partial charge < -0.3 is 10.1 Å². The lowest BCUT2D eigenvalue weighted by atomic mass is 10.2. The van der Waals surface area contributed by atoms with E-state index in [2.05, 4.69) is 10.3 Å². The Kier molecular flexibility index (Phi) is 6.01. The van der Waals surface area contributed by atoms with E-state index in [-0.39, 0.29) is 11.7 Å². The molecule has 0 bridgehead atoms. The quantitative estimate of drug-likeness (QED) is 0.665. The van der Waals surface area contributed by atoms with Crippen LogP contribution in [-0.2, 0) is 14.3 Å². The van der Waals surface area contributed by atoms with Gasteiger partial charge >= 0.3 is 5.97 Å². The fourth-order valence-corrected chi connectivity index (χ4v) is 2.01. The molecule has 1 heterocycles. The summed E-state index contributed by atoms with van der Waals surface area (Å²) in [6, 6.07) is 3.00. The monoisotopic (exact) mass is 296 g/mol. The van der Waals surface area contributed by atoms with Crippen molar-refractivity contribution in [2.24, 2.45) is 0 Å². The summed E-state index contributed by atoms with van der Waals surface area (Å²) < 4.78 is 5.19. The number of nitrogens with one attached hydrogen (secondary N) is 1. The molecule has 1 amide bonds. The van der Waals surface area contributed by atoms with Crippen LogP contribution in [0, 0.1) is 0 Å². The Labute approximate surface area is 123 Å². The first-order valence-electron chi connectivity index (χ1n) is 6.33. The van der Waals surface area contributed by atoms with Gasteiger partial charge in [-0.1, -0.05) is 0 Å². The van der Waals surface area contributed by atoms with Gasteiger partial charge in [-0.3, -0.25) is 9.78 Å². The van der Waals surface area contributed by atoms with Gasteiger partial charge in [-0.15, -0.1) is 11.8 Å². The molecular formula is C14H20N2O3S. The van der Waals surface area contributed by atoms with Crippen molar-refractivity contribution in [2.75, 3.05) is 5.75 Å². The zero-order chi connectivity index (χ0) is 15.2.